The number of furan rings is 1. The fourth-order valence-corrected chi connectivity index (χ4v) is 8.96. The van der Waals surface area contributed by atoms with Gasteiger partial charge in [-0.3, -0.25) is 14.4 Å². The highest BCUT2D eigenvalue weighted by Crippen LogP contribution is 2.69. The zero-order chi connectivity index (χ0) is 28.3. The first-order chi connectivity index (χ1) is 18.4. The number of aliphatic hydroxyl groups excluding tert-OH is 1. The molecule has 0 spiro atoms. The lowest BCUT2D eigenvalue weighted by Crippen LogP contribution is -2.62. The van der Waals surface area contributed by atoms with Crippen molar-refractivity contribution in [3.05, 3.63) is 53.0 Å². The van der Waals surface area contributed by atoms with Gasteiger partial charge in [-0.05, 0) is 87.0 Å². The number of Topliss-reactive ketones (excluding diaryl/α,β-unsaturated/α-hetero) is 1. The Hall–Kier alpha value is -2.35. The first kappa shape index (κ1) is 28.2. The largest absolute Gasteiger partial charge is 0.464 e. The summed E-state index contributed by atoms with van der Waals surface area (Å²) < 4.78 is 21.7. The molecule has 212 valence electrons. The number of fused-ring (bicyclic) bond motifs is 5. The molecule has 1 N–H and O–H groups in total. The third kappa shape index (κ3) is 4.15. The highest BCUT2D eigenvalue weighted by atomic mass is 19.1. The summed E-state index contributed by atoms with van der Waals surface area (Å²) in [5.74, 6) is 1.17. The van der Waals surface area contributed by atoms with Crippen LogP contribution in [0.15, 0.2) is 40.4 Å². The second-order valence-corrected chi connectivity index (χ2v) is 12.7. The van der Waals surface area contributed by atoms with Crippen LogP contribution in [0.5, 0.6) is 0 Å². The Labute approximate surface area is 230 Å². The SMILES string of the molecule is C/C=C\c1cc(CN(C)O[C@]2(C(=O)CO)[C@H](C)CC3[C@@H]4C[C@H](F)C5=CC(=O)C=C[C@]5(C)C4CC[C@@]32C)oc1C. The first-order valence-corrected chi connectivity index (χ1v) is 14.3. The number of aryl methyl sites for hydroxylation is 1. The summed E-state index contributed by atoms with van der Waals surface area (Å²) in [6, 6.07) is 1.97. The number of nitrogens with zero attached hydrogens (tertiary/aromatic N) is 1. The second-order valence-electron chi connectivity index (χ2n) is 12.7. The van der Waals surface area contributed by atoms with E-state index in [-0.39, 0.29) is 35.2 Å². The van der Waals surface area contributed by atoms with E-state index in [1.54, 1.807) is 18.2 Å². The van der Waals surface area contributed by atoms with Crippen molar-refractivity contribution in [1.29, 1.82) is 0 Å². The monoisotopic (exact) mass is 539 g/mol. The third-order valence-electron chi connectivity index (χ3n) is 10.7. The van der Waals surface area contributed by atoms with E-state index < -0.39 is 29.2 Å². The fraction of sp³-hybridized carbons (Fsp3) is 0.625. The molecule has 3 saturated carbocycles. The van der Waals surface area contributed by atoms with E-state index >= 15 is 4.39 Å². The van der Waals surface area contributed by atoms with Gasteiger partial charge in [0.15, 0.2) is 17.2 Å². The van der Waals surface area contributed by atoms with Crippen molar-refractivity contribution in [3.8, 4) is 0 Å². The van der Waals surface area contributed by atoms with Crippen molar-refractivity contribution < 1.29 is 28.3 Å². The van der Waals surface area contributed by atoms with Crippen molar-refractivity contribution in [3.63, 3.8) is 0 Å². The molecule has 7 heteroatoms. The normalized spacial score (nSPS) is 39.6. The summed E-state index contributed by atoms with van der Waals surface area (Å²) in [6.45, 7) is 9.82. The van der Waals surface area contributed by atoms with Crippen molar-refractivity contribution >= 4 is 17.6 Å². The molecular formula is C32H42FNO5. The highest BCUT2D eigenvalue weighted by Gasteiger charge is 2.71. The molecule has 4 aliphatic carbocycles. The van der Waals surface area contributed by atoms with Gasteiger partial charge < -0.3 is 9.52 Å². The van der Waals surface area contributed by atoms with Crippen LogP contribution in [0, 0.1) is 41.4 Å². The molecule has 0 radical (unpaired) electrons. The molecule has 0 saturated heterocycles. The van der Waals surface area contributed by atoms with E-state index in [2.05, 4.69) is 13.8 Å². The number of carbonyl (C=O) groups is 2. The van der Waals surface area contributed by atoms with Crippen molar-refractivity contribution in [2.45, 2.75) is 78.6 Å². The van der Waals surface area contributed by atoms with Gasteiger partial charge in [-0.2, -0.15) is 5.06 Å². The summed E-state index contributed by atoms with van der Waals surface area (Å²) in [7, 11) is 1.80. The van der Waals surface area contributed by atoms with Crippen LogP contribution in [0.1, 0.15) is 70.5 Å². The molecule has 2 unspecified atom stereocenters. The van der Waals surface area contributed by atoms with Gasteiger partial charge in [0, 0.05) is 23.4 Å². The summed E-state index contributed by atoms with van der Waals surface area (Å²) in [5.41, 5.74) is -0.721. The molecule has 1 aromatic rings. The highest BCUT2D eigenvalue weighted by molar-refractivity contribution is 6.01. The van der Waals surface area contributed by atoms with Crippen LogP contribution >= 0.6 is 0 Å². The molecule has 1 aromatic heterocycles. The van der Waals surface area contributed by atoms with Gasteiger partial charge in [-0.25, -0.2) is 4.39 Å². The Balaban J connectivity index is 1.47. The molecule has 3 fully saturated rings. The third-order valence-corrected chi connectivity index (χ3v) is 10.7. The minimum absolute atomic E-state index is 0.0413. The van der Waals surface area contributed by atoms with Crippen LogP contribution < -0.4 is 0 Å². The topological polar surface area (TPSA) is 80.0 Å². The van der Waals surface area contributed by atoms with E-state index in [9.17, 15) is 14.7 Å². The van der Waals surface area contributed by atoms with E-state index in [0.717, 1.165) is 29.9 Å². The maximum Gasteiger partial charge on any atom is 0.192 e. The lowest BCUT2D eigenvalue weighted by Gasteiger charge is -2.59. The molecule has 0 aliphatic heterocycles. The molecule has 6 nitrogen and oxygen atoms in total. The number of rotatable bonds is 7. The van der Waals surface area contributed by atoms with Crippen LogP contribution in [-0.4, -0.2) is 47.2 Å². The second kappa shape index (κ2) is 9.93. The van der Waals surface area contributed by atoms with Crippen LogP contribution in [0.4, 0.5) is 4.39 Å². The predicted molar refractivity (Wildman–Crippen MR) is 147 cm³/mol. The molecular weight excluding hydrogens is 497 g/mol. The minimum Gasteiger partial charge on any atom is -0.464 e. The van der Waals surface area contributed by atoms with Crippen molar-refractivity contribution in [2.24, 2.45) is 34.5 Å². The fourth-order valence-electron chi connectivity index (χ4n) is 8.96. The summed E-state index contributed by atoms with van der Waals surface area (Å²) in [4.78, 5) is 32.5. The van der Waals surface area contributed by atoms with Crippen LogP contribution in [0.25, 0.3) is 6.08 Å². The molecule has 1 heterocycles. The van der Waals surface area contributed by atoms with Crippen LogP contribution in [0.2, 0.25) is 0 Å². The smallest absolute Gasteiger partial charge is 0.192 e. The number of halogens is 1. The van der Waals surface area contributed by atoms with Gasteiger partial charge in [-0.15, -0.1) is 0 Å². The number of ketones is 2. The average Bonchev–Trinajstić information content (AvgIpc) is 3.33. The van der Waals surface area contributed by atoms with Crippen molar-refractivity contribution in [1.82, 2.24) is 5.06 Å². The van der Waals surface area contributed by atoms with E-state index in [4.69, 9.17) is 9.25 Å². The van der Waals surface area contributed by atoms with Crippen LogP contribution in [-0.2, 0) is 21.0 Å². The van der Waals surface area contributed by atoms with Gasteiger partial charge in [0.1, 0.15) is 24.3 Å². The lowest BCUT2D eigenvalue weighted by atomic mass is 9.46. The number of hydroxylamine groups is 2. The van der Waals surface area contributed by atoms with Gasteiger partial charge in [0.05, 0.1) is 6.54 Å². The van der Waals surface area contributed by atoms with Gasteiger partial charge in [0.25, 0.3) is 0 Å². The van der Waals surface area contributed by atoms with Gasteiger partial charge in [0.2, 0.25) is 0 Å². The van der Waals surface area contributed by atoms with E-state index in [1.807, 2.05) is 45.1 Å². The first-order valence-electron chi connectivity index (χ1n) is 14.3. The summed E-state index contributed by atoms with van der Waals surface area (Å²) in [5, 5.41) is 11.9. The van der Waals surface area contributed by atoms with E-state index in [0.29, 0.717) is 25.0 Å². The Morgan fingerprint density at radius 2 is 2.05 bits per heavy atom. The summed E-state index contributed by atoms with van der Waals surface area (Å²) in [6.07, 6.45) is 10.3. The average molecular weight is 540 g/mol. The molecule has 0 bridgehead atoms. The number of hydrogen-bond donors (Lipinski definition) is 1. The minimum atomic E-state index is -1.23. The molecule has 0 amide bonds. The molecule has 0 aromatic carbocycles. The Morgan fingerprint density at radius 3 is 2.74 bits per heavy atom. The van der Waals surface area contributed by atoms with E-state index in [1.165, 1.54) is 6.08 Å². The number of allylic oxidation sites excluding steroid dienone is 5. The molecule has 5 rings (SSSR count). The quantitative estimate of drug-likeness (QED) is 0.442. The Morgan fingerprint density at radius 1 is 1.31 bits per heavy atom. The lowest BCUT2D eigenvalue weighted by molar-refractivity contribution is -0.282. The molecule has 39 heavy (non-hydrogen) atoms. The number of aliphatic hydroxyl groups is 1. The maximum atomic E-state index is 15.7. The molecule has 4 aliphatic rings. The Bertz CT molecular complexity index is 1250. The van der Waals surface area contributed by atoms with Gasteiger partial charge >= 0.3 is 0 Å². The zero-order valence-corrected chi connectivity index (χ0v) is 24.0. The molecule has 8 atom stereocenters. The number of hydrogen-bond acceptors (Lipinski definition) is 6. The van der Waals surface area contributed by atoms with Gasteiger partial charge in [-0.1, -0.05) is 39.0 Å². The Kier molecular flexibility index (Phi) is 7.18. The zero-order valence-electron chi connectivity index (χ0n) is 24.0. The van der Waals surface area contributed by atoms with Crippen LogP contribution in [0.3, 0.4) is 0 Å². The maximum absolute atomic E-state index is 15.7. The number of carbonyl (C=O) groups excluding carboxylic acids is 2. The number of alkyl halides is 1. The van der Waals surface area contributed by atoms with Crippen molar-refractivity contribution in [2.75, 3.05) is 13.7 Å². The predicted octanol–water partition coefficient (Wildman–Crippen LogP) is 5.79. The standard InChI is InChI=1S/C32H42FNO5/c1-7-8-21-14-23(38-20(21)3)17-34(6)39-32(29(37)18-35)19(2)13-26-24-16-28(33)27-15-22(36)9-11-30(27,4)25(24)10-12-31(26,32)5/h7-9,11,14-15,19,24-26,28,35H,10,12-13,16-18H2,1-6H3/b8-7-/t19-,24-,25?,26?,28+,30-,31+,32+/m1/s1. The summed E-state index contributed by atoms with van der Waals surface area (Å²) >= 11 is 0.